The van der Waals surface area contributed by atoms with E-state index >= 15 is 0 Å². The first kappa shape index (κ1) is 18.5. The van der Waals surface area contributed by atoms with Crippen LogP contribution in [-0.4, -0.2) is 55.9 Å². The quantitative estimate of drug-likeness (QED) is 0.548. The molecule has 2 N–H and O–H groups in total. The summed E-state index contributed by atoms with van der Waals surface area (Å²) < 4.78 is 22.7. The molecule has 0 aliphatic carbocycles. The number of rotatable bonds is 4. The number of carbonyl (C=O) groups excluding carboxylic acids is 3. The molecule has 27 heavy (non-hydrogen) atoms. The molecule has 0 bridgehead atoms. The summed E-state index contributed by atoms with van der Waals surface area (Å²) >= 11 is 0. The maximum absolute atomic E-state index is 11.6. The maximum atomic E-state index is 11.6. The van der Waals surface area contributed by atoms with Gasteiger partial charge in [-0.15, -0.1) is 0 Å². The van der Waals surface area contributed by atoms with Crippen molar-refractivity contribution >= 4 is 34.9 Å². The number of anilines is 1. The second-order valence-corrected chi connectivity index (χ2v) is 5.74. The van der Waals surface area contributed by atoms with Gasteiger partial charge in [-0.3, -0.25) is 19.0 Å². The molecule has 0 saturated carbocycles. The summed E-state index contributed by atoms with van der Waals surface area (Å²) in [4.78, 5) is 46.6. The molecule has 0 radical (unpaired) electrons. The first-order valence-corrected chi connectivity index (χ1v) is 7.88. The number of aromatic nitrogens is 4. The van der Waals surface area contributed by atoms with Crippen molar-refractivity contribution in [2.24, 2.45) is 0 Å². The summed E-state index contributed by atoms with van der Waals surface area (Å²) in [5.74, 6) is -1.83. The molecule has 0 spiro atoms. The number of imidazole rings is 1. The van der Waals surface area contributed by atoms with Crippen molar-refractivity contribution in [3.8, 4) is 0 Å². The lowest BCUT2D eigenvalue weighted by atomic mass is 10.2. The van der Waals surface area contributed by atoms with Crippen molar-refractivity contribution in [3.63, 3.8) is 0 Å². The molecule has 1 fully saturated rings. The largest absolute Gasteiger partial charge is 0.453 e. The van der Waals surface area contributed by atoms with E-state index in [9.17, 15) is 14.4 Å². The molecule has 12 nitrogen and oxygen atoms in total. The minimum atomic E-state index is -1.29. The van der Waals surface area contributed by atoms with Crippen LogP contribution in [0, 0.1) is 0 Å². The highest BCUT2D eigenvalue weighted by molar-refractivity contribution is 5.81. The SMILES string of the molecule is CC(=O)O[C@H]1O[C@@H](n2cnc3c(N)ncnc32)[C@H](OC(C)=O)[C@@H]1OC(C)=O. The lowest BCUT2D eigenvalue weighted by Gasteiger charge is -2.23. The standard InChI is InChI=1S/C15H17N5O7/c1-6(21)24-10-11(25-7(2)22)15(26-8(3)23)27-14(10)20-5-19-9-12(16)17-4-18-13(9)20/h4-5,10-11,14-15H,1-3H3,(H2,16,17,18)/t10-,11+,14-,15+/m1/s1. The Bertz CT molecular complexity index is 898. The fourth-order valence-corrected chi connectivity index (χ4v) is 2.78. The maximum Gasteiger partial charge on any atom is 0.305 e. The van der Waals surface area contributed by atoms with E-state index in [0.29, 0.717) is 11.2 Å². The summed E-state index contributed by atoms with van der Waals surface area (Å²) in [6.45, 7) is 3.53. The minimum absolute atomic E-state index is 0.147. The minimum Gasteiger partial charge on any atom is -0.453 e. The zero-order valence-corrected chi connectivity index (χ0v) is 14.7. The molecule has 1 aliphatic heterocycles. The van der Waals surface area contributed by atoms with Gasteiger partial charge in [0, 0.05) is 20.8 Å². The molecule has 144 valence electrons. The van der Waals surface area contributed by atoms with Gasteiger partial charge in [0.05, 0.1) is 6.33 Å². The molecule has 4 atom stereocenters. The third-order valence-corrected chi connectivity index (χ3v) is 3.69. The zero-order valence-electron chi connectivity index (χ0n) is 14.7. The molecule has 3 heterocycles. The number of nitrogens with zero attached hydrogens (tertiary/aromatic N) is 4. The number of hydrogen-bond acceptors (Lipinski definition) is 11. The summed E-state index contributed by atoms with van der Waals surface area (Å²) in [5.41, 5.74) is 6.39. The number of nitrogens with two attached hydrogens (primary N) is 1. The van der Waals surface area contributed by atoms with E-state index in [1.165, 1.54) is 38.0 Å². The molecule has 2 aromatic rings. The second kappa shape index (κ2) is 7.15. The Morgan fingerprint density at radius 3 is 2.26 bits per heavy atom. The Kier molecular flexibility index (Phi) is 4.90. The van der Waals surface area contributed by atoms with E-state index in [1.807, 2.05) is 0 Å². The van der Waals surface area contributed by atoms with Crippen LogP contribution in [-0.2, 0) is 33.3 Å². The van der Waals surface area contributed by atoms with Gasteiger partial charge in [-0.25, -0.2) is 15.0 Å². The summed E-state index contributed by atoms with van der Waals surface area (Å²) in [5, 5.41) is 0. The summed E-state index contributed by atoms with van der Waals surface area (Å²) in [7, 11) is 0. The van der Waals surface area contributed by atoms with Crippen LogP contribution in [0.15, 0.2) is 12.7 Å². The van der Waals surface area contributed by atoms with E-state index < -0.39 is 42.6 Å². The molecule has 2 aromatic heterocycles. The van der Waals surface area contributed by atoms with E-state index in [-0.39, 0.29) is 5.82 Å². The molecule has 0 aromatic carbocycles. The van der Waals surface area contributed by atoms with Crippen LogP contribution >= 0.6 is 0 Å². The van der Waals surface area contributed by atoms with E-state index in [2.05, 4.69) is 15.0 Å². The summed E-state index contributed by atoms with van der Waals surface area (Å²) in [6, 6.07) is 0. The molecule has 0 amide bonds. The lowest BCUT2D eigenvalue weighted by Crippen LogP contribution is -2.40. The van der Waals surface area contributed by atoms with Crippen molar-refractivity contribution in [2.45, 2.75) is 45.5 Å². The highest BCUT2D eigenvalue weighted by Crippen LogP contribution is 2.36. The van der Waals surface area contributed by atoms with Gasteiger partial charge in [-0.1, -0.05) is 0 Å². The van der Waals surface area contributed by atoms with Gasteiger partial charge in [0.1, 0.15) is 11.8 Å². The molecule has 0 unspecified atom stereocenters. The van der Waals surface area contributed by atoms with Crippen LogP contribution in [0.4, 0.5) is 5.82 Å². The summed E-state index contributed by atoms with van der Waals surface area (Å²) in [6.07, 6.45) is -2.04. The average molecular weight is 379 g/mol. The first-order valence-electron chi connectivity index (χ1n) is 7.88. The number of ether oxygens (including phenoxy) is 4. The zero-order chi connectivity index (χ0) is 19.7. The average Bonchev–Trinajstić information content (AvgIpc) is 3.11. The van der Waals surface area contributed by atoms with Gasteiger partial charge in [-0.2, -0.15) is 0 Å². The van der Waals surface area contributed by atoms with Gasteiger partial charge < -0.3 is 24.7 Å². The lowest BCUT2D eigenvalue weighted by molar-refractivity contribution is -0.198. The molecular formula is C15H17N5O7. The highest BCUT2D eigenvalue weighted by Gasteiger charge is 2.52. The topological polar surface area (TPSA) is 158 Å². The molecule has 1 aliphatic rings. The normalized spacial score (nSPS) is 24.6. The van der Waals surface area contributed by atoms with E-state index in [0.717, 1.165) is 0 Å². The molecular weight excluding hydrogens is 362 g/mol. The number of carbonyl (C=O) groups is 3. The van der Waals surface area contributed by atoms with Gasteiger partial charge in [-0.05, 0) is 0 Å². The number of hydrogen-bond donors (Lipinski definition) is 1. The van der Waals surface area contributed by atoms with E-state index in [1.54, 1.807) is 0 Å². The Hall–Kier alpha value is -3.28. The molecule has 1 saturated heterocycles. The van der Waals surface area contributed by atoms with Crippen molar-refractivity contribution in [3.05, 3.63) is 12.7 Å². The Balaban J connectivity index is 2.05. The van der Waals surface area contributed by atoms with Crippen LogP contribution in [0.2, 0.25) is 0 Å². The predicted octanol–water partition coefficient (Wildman–Crippen LogP) is -0.310. The number of esters is 3. The van der Waals surface area contributed by atoms with Gasteiger partial charge in [0.25, 0.3) is 0 Å². The Labute approximate surface area is 152 Å². The first-order chi connectivity index (χ1) is 12.8. The third-order valence-electron chi connectivity index (χ3n) is 3.69. The van der Waals surface area contributed by atoms with Crippen LogP contribution < -0.4 is 5.73 Å². The van der Waals surface area contributed by atoms with Crippen molar-refractivity contribution in [1.82, 2.24) is 19.5 Å². The number of nitrogen functional groups attached to an aromatic ring is 1. The van der Waals surface area contributed by atoms with Crippen molar-refractivity contribution in [1.29, 1.82) is 0 Å². The van der Waals surface area contributed by atoms with Crippen molar-refractivity contribution in [2.75, 3.05) is 5.73 Å². The monoisotopic (exact) mass is 379 g/mol. The van der Waals surface area contributed by atoms with Crippen LogP contribution in [0.25, 0.3) is 11.2 Å². The van der Waals surface area contributed by atoms with Gasteiger partial charge in [0.15, 0.2) is 23.8 Å². The Morgan fingerprint density at radius 1 is 1.00 bits per heavy atom. The fourth-order valence-electron chi connectivity index (χ4n) is 2.78. The smallest absolute Gasteiger partial charge is 0.305 e. The van der Waals surface area contributed by atoms with E-state index in [4.69, 9.17) is 24.7 Å². The van der Waals surface area contributed by atoms with Crippen LogP contribution in [0.3, 0.4) is 0 Å². The van der Waals surface area contributed by atoms with Crippen LogP contribution in [0.1, 0.15) is 27.0 Å². The van der Waals surface area contributed by atoms with Gasteiger partial charge >= 0.3 is 17.9 Å². The number of fused-ring (bicyclic) bond motifs is 1. The van der Waals surface area contributed by atoms with Crippen LogP contribution in [0.5, 0.6) is 0 Å². The predicted molar refractivity (Wildman–Crippen MR) is 86.5 cm³/mol. The van der Waals surface area contributed by atoms with Gasteiger partial charge in [0.2, 0.25) is 12.4 Å². The highest BCUT2D eigenvalue weighted by atomic mass is 16.8. The second-order valence-electron chi connectivity index (χ2n) is 5.74. The third kappa shape index (κ3) is 3.65. The molecule has 12 heteroatoms. The van der Waals surface area contributed by atoms with Crippen molar-refractivity contribution < 1.29 is 33.3 Å². The molecule has 3 rings (SSSR count). The Morgan fingerprint density at radius 2 is 1.63 bits per heavy atom. The fraction of sp³-hybridized carbons (Fsp3) is 0.467.